The Bertz CT molecular complexity index is 507. The second-order valence-electron chi connectivity index (χ2n) is 3.72. The molecule has 0 N–H and O–H groups in total. The van der Waals surface area contributed by atoms with Crippen LogP contribution >= 0.6 is 11.6 Å². The molecular weight excluding hydrogens is 277 g/mol. The van der Waals surface area contributed by atoms with Gasteiger partial charge in [0.15, 0.2) is 9.84 Å². The van der Waals surface area contributed by atoms with Crippen LogP contribution in [0.2, 0.25) is 0 Å². The van der Waals surface area contributed by atoms with E-state index in [1.54, 1.807) is 0 Å². The van der Waals surface area contributed by atoms with Gasteiger partial charge in [0.2, 0.25) is 0 Å². The minimum atomic E-state index is -3.55. The summed E-state index contributed by atoms with van der Waals surface area (Å²) in [5.74, 6) is -3.48. The Morgan fingerprint density at radius 2 is 1.59 bits per heavy atom. The Labute approximate surface area is 102 Å². The van der Waals surface area contributed by atoms with E-state index < -0.39 is 43.5 Å². The molecule has 17 heavy (non-hydrogen) atoms. The molecule has 0 aliphatic rings. The summed E-state index contributed by atoms with van der Waals surface area (Å²) in [7, 11) is -3.55. The van der Waals surface area contributed by atoms with Gasteiger partial charge in [-0.25, -0.2) is 21.6 Å². The van der Waals surface area contributed by atoms with Gasteiger partial charge in [0.1, 0.15) is 17.5 Å². The molecular formula is C10H10ClF3O2S. The zero-order valence-electron chi connectivity index (χ0n) is 9.05. The Kier molecular flexibility index (Phi) is 4.09. The van der Waals surface area contributed by atoms with E-state index >= 15 is 0 Å². The van der Waals surface area contributed by atoms with Crippen molar-refractivity contribution in [1.29, 1.82) is 0 Å². The summed E-state index contributed by atoms with van der Waals surface area (Å²) in [6.07, 6.45) is 0.909. The summed E-state index contributed by atoms with van der Waals surface area (Å²) >= 11 is 5.72. The number of rotatable bonds is 3. The molecule has 0 fully saturated rings. The molecule has 2 nitrogen and oxygen atoms in total. The van der Waals surface area contributed by atoms with E-state index in [0.717, 1.165) is 6.26 Å². The minimum Gasteiger partial charge on any atom is -0.229 e. The largest absolute Gasteiger partial charge is 0.229 e. The maximum absolute atomic E-state index is 13.4. The van der Waals surface area contributed by atoms with Gasteiger partial charge in [-0.15, -0.1) is 11.6 Å². The highest BCUT2D eigenvalue weighted by molar-refractivity contribution is 7.91. The van der Waals surface area contributed by atoms with E-state index in [4.69, 9.17) is 11.6 Å². The molecule has 1 rings (SSSR count). The number of benzene rings is 1. The van der Waals surface area contributed by atoms with Crippen molar-refractivity contribution in [3.63, 3.8) is 0 Å². The minimum absolute atomic E-state index is 0.461. The van der Waals surface area contributed by atoms with Crippen LogP contribution in [0, 0.1) is 17.5 Å². The van der Waals surface area contributed by atoms with E-state index in [-0.39, 0.29) is 0 Å². The highest BCUT2D eigenvalue weighted by Gasteiger charge is 2.30. The van der Waals surface area contributed by atoms with E-state index in [9.17, 15) is 21.6 Å². The predicted octanol–water partition coefficient (Wildman–Crippen LogP) is 2.82. The molecule has 0 aliphatic carbocycles. The van der Waals surface area contributed by atoms with Gasteiger partial charge in [-0.3, -0.25) is 0 Å². The third kappa shape index (κ3) is 3.13. The van der Waals surface area contributed by atoms with E-state index in [1.165, 1.54) is 6.92 Å². The first-order valence-electron chi connectivity index (χ1n) is 4.62. The first kappa shape index (κ1) is 14.3. The molecule has 96 valence electrons. The van der Waals surface area contributed by atoms with Crippen LogP contribution in [0.15, 0.2) is 12.1 Å². The van der Waals surface area contributed by atoms with Crippen molar-refractivity contribution in [1.82, 2.24) is 0 Å². The topological polar surface area (TPSA) is 34.1 Å². The second kappa shape index (κ2) is 4.86. The van der Waals surface area contributed by atoms with Crippen molar-refractivity contribution in [3.8, 4) is 0 Å². The van der Waals surface area contributed by atoms with Gasteiger partial charge in [0.05, 0.1) is 10.6 Å². The molecule has 0 saturated carbocycles. The van der Waals surface area contributed by atoms with Crippen molar-refractivity contribution in [2.45, 2.75) is 17.6 Å². The lowest BCUT2D eigenvalue weighted by molar-refractivity contribution is 0.517. The van der Waals surface area contributed by atoms with Crippen molar-refractivity contribution in [3.05, 3.63) is 35.1 Å². The molecule has 0 radical (unpaired) electrons. The lowest BCUT2D eigenvalue weighted by Crippen LogP contribution is -2.22. The van der Waals surface area contributed by atoms with Crippen LogP contribution in [0.25, 0.3) is 0 Å². The van der Waals surface area contributed by atoms with E-state index in [1.807, 2.05) is 0 Å². The summed E-state index contributed by atoms with van der Waals surface area (Å²) in [6, 6.07) is 0.922. The van der Waals surface area contributed by atoms with Gasteiger partial charge < -0.3 is 0 Å². The average Bonchev–Trinajstić information content (AvgIpc) is 2.13. The molecule has 0 heterocycles. The van der Waals surface area contributed by atoms with Crippen LogP contribution in [-0.4, -0.2) is 19.9 Å². The highest BCUT2D eigenvalue weighted by atomic mass is 35.5. The molecule has 2 atom stereocenters. The second-order valence-corrected chi connectivity index (χ2v) is 6.59. The fourth-order valence-corrected chi connectivity index (χ4v) is 2.61. The predicted molar refractivity (Wildman–Crippen MR) is 59.2 cm³/mol. The number of hydrogen-bond donors (Lipinski definition) is 0. The fourth-order valence-electron chi connectivity index (χ4n) is 1.27. The Morgan fingerprint density at radius 1 is 1.18 bits per heavy atom. The van der Waals surface area contributed by atoms with Crippen LogP contribution in [0.4, 0.5) is 13.2 Å². The maximum atomic E-state index is 13.4. The average molecular weight is 287 g/mol. The van der Waals surface area contributed by atoms with Gasteiger partial charge in [-0.2, -0.15) is 0 Å². The Balaban J connectivity index is 3.26. The molecule has 0 bridgehead atoms. The third-order valence-corrected chi connectivity index (χ3v) is 4.78. The Morgan fingerprint density at radius 3 is 1.94 bits per heavy atom. The van der Waals surface area contributed by atoms with Gasteiger partial charge >= 0.3 is 0 Å². The van der Waals surface area contributed by atoms with Gasteiger partial charge in [0, 0.05) is 24.0 Å². The summed E-state index contributed by atoms with van der Waals surface area (Å²) in [5.41, 5.74) is -0.633. The highest BCUT2D eigenvalue weighted by Crippen LogP contribution is 2.32. The van der Waals surface area contributed by atoms with E-state index in [0.29, 0.717) is 12.1 Å². The van der Waals surface area contributed by atoms with Crippen molar-refractivity contribution in [2.75, 3.05) is 6.26 Å². The maximum Gasteiger partial charge on any atom is 0.151 e. The zero-order chi connectivity index (χ0) is 13.4. The van der Waals surface area contributed by atoms with Crippen molar-refractivity contribution in [2.24, 2.45) is 0 Å². The quantitative estimate of drug-likeness (QED) is 0.801. The first-order valence-corrected chi connectivity index (χ1v) is 7.01. The lowest BCUT2D eigenvalue weighted by atomic mass is 10.1. The van der Waals surface area contributed by atoms with Crippen LogP contribution in [0.3, 0.4) is 0 Å². The van der Waals surface area contributed by atoms with Gasteiger partial charge in [-0.05, 0) is 6.92 Å². The molecule has 0 aliphatic heterocycles. The monoisotopic (exact) mass is 286 g/mol. The lowest BCUT2D eigenvalue weighted by Gasteiger charge is -2.17. The van der Waals surface area contributed by atoms with Crippen LogP contribution in [0.5, 0.6) is 0 Å². The third-order valence-electron chi connectivity index (χ3n) is 2.41. The summed E-state index contributed by atoms with van der Waals surface area (Å²) < 4.78 is 61.8. The molecule has 7 heteroatoms. The summed E-state index contributed by atoms with van der Waals surface area (Å²) in [4.78, 5) is 0. The van der Waals surface area contributed by atoms with Crippen molar-refractivity contribution >= 4 is 21.4 Å². The molecule has 2 unspecified atom stereocenters. The van der Waals surface area contributed by atoms with Gasteiger partial charge in [0.25, 0.3) is 0 Å². The van der Waals surface area contributed by atoms with Crippen LogP contribution in [-0.2, 0) is 9.84 Å². The summed E-state index contributed by atoms with van der Waals surface area (Å²) in [5, 5.41) is -2.59. The van der Waals surface area contributed by atoms with Crippen LogP contribution < -0.4 is 0 Å². The molecule has 0 aromatic heterocycles. The molecule has 0 spiro atoms. The number of halogens is 4. The first-order chi connectivity index (χ1) is 7.64. The smallest absolute Gasteiger partial charge is 0.151 e. The van der Waals surface area contributed by atoms with E-state index in [2.05, 4.69) is 0 Å². The fraction of sp³-hybridized carbons (Fsp3) is 0.400. The van der Waals surface area contributed by atoms with Crippen molar-refractivity contribution < 1.29 is 21.6 Å². The number of alkyl halides is 1. The number of sulfone groups is 1. The van der Waals surface area contributed by atoms with Crippen LogP contribution in [0.1, 0.15) is 17.9 Å². The molecule has 1 aromatic rings. The normalized spacial score (nSPS) is 15.6. The van der Waals surface area contributed by atoms with Gasteiger partial charge in [-0.1, -0.05) is 0 Å². The summed E-state index contributed by atoms with van der Waals surface area (Å²) in [6.45, 7) is 1.23. The number of hydrogen-bond acceptors (Lipinski definition) is 2. The molecule has 0 amide bonds. The molecule has 0 saturated heterocycles. The zero-order valence-corrected chi connectivity index (χ0v) is 10.6. The SMILES string of the molecule is CC(C(Cl)c1c(F)cc(F)cc1F)S(C)(=O)=O. The Hall–Kier alpha value is -0.750. The molecule has 1 aromatic carbocycles. The standard InChI is InChI=1S/C10H10ClF3O2S/c1-5(17(2,15)16)10(11)9-7(13)3-6(12)4-8(9)14/h3-5,10H,1-2H3.